The number of hydrogen-bond acceptors (Lipinski definition) is 3. The predicted octanol–water partition coefficient (Wildman–Crippen LogP) is 2.03. The van der Waals surface area contributed by atoms with Gasteiger partial charge in [-0.15, -0.1) is 0 Å². The van der Waals surface area contributed by atoms with E-state index in [1.54, 1.807) is 12.1 Å². The minimum atomic E-state index is -0.224. The fourth-order valence-corrected chi connectivity index (χ4v) is 3.37. The van der Waals surface area contributed by atoms with E-state index >= 15 is 0 Å². The summed E-state index contributed by atoms with van der Waals surface area (Å²) in [6, 6.07) is 6.59. The number of anilines is 1. The van der Waals surface area contributed by atoms with E-state index in [1.165, 1.54) is 6.07 Å². The van der Waals surface area contributed by atoms with E-state index in [0.29, 0.717) is 0 Å². The minimum Gasteiger partial charge on any atom is -0.396 e. The number of carbonyl (C=O) groups is 1. The van der Waals surface area contributed by atoms with Gasteiger partial charge in [0, 0.05) is 43.4 Å². The molecule has 3 N–H and O–H groups in total. The Morgan fingerprint density at radius 1 is 1.25 bits per heavy atom. The van der Waals surface area contributed by atoms with Crippen molar-refractivity contribution in [2.45, 2.75) is 31.3 Å². The fraction of sp³-hybridized carbons (Fsp3) is 0.500. The Bertz CT molecular complexity index is 600. The molecule has 0 bridgehead atoms. The Balaban J connectivity index is 1.42. The molecule has 6 heteroatoms. The van der Waals surface area contributed by atoms with E-state index in [-0.39, 0.29) is 36.5 Å². The molecule has 2 amide bonds. The summed E-state index contributed by atoms with van der Waals surface area (Å²) < 4.78 is 13.3. The average Bonchev–Trinajstić information content (AvgIpc) is 3.03. The highest BCUT2D eigenvalue weighted by Gasteiger charge is 2.23. The zero-order chi connectivity index (χ0) is 16.9. The van der Waals surface area contributed by atoms with Gasteiger partial charge in [-0.2, -0.15) is 0 Å². The van der Waals surface area contributed by atoms with E-state index in [0.717, 1.165) is 38.0 Å². The van der Waals surface area contributed by atoms with Gasteiger partial charge in [0.1, 0.15) is 5.82 Å². The molecule has 1 heterocycles. The number of carbonyl (C=O) groups excluding carboxylic acids is 1. The highest BCUT2D eigenvalue weighted by Crippen LogP contribution is 2.21. The number of rotatable bonds is 4. The lowest BCUT2D eigenvalue weighted by Gasteiger charge is -2.34. The number of aliphatic hydroxyl groups excluding tert-OH is 1. The summed E-state index contributed by atoms with van der Waals surface area (Å²) in [7, 11) is 0. The van der Waals surface area contributed by atoms with Gasteiger partial charge in [0.2, 0.25) is 0 Å². The molecular formula is C18H24FN3O2. The predicted molar refractivity (Wildman–Crippen MR) is 91.4 cm³/mol. The molecule has 1 fully saturated rings. The maximum atomic E-state index is 13.3. The lowest BCUT2D eigenvalue weighted by molar-refractivity contribution is 0.226. The number of urea groups is 1. The van der Waals surface area contributed by atoms with Gasteiger partial charge >= 0.3 is 6.03 Å². The molecule has 0 unspecified atom stereocenters. The van der Waals surface area contributed by atoms with Gasteiger partial charge < -0.3 is 20.6 Å². The van der Waals surface area contributed by atoms with Gasteiger partial charge in [-0.1, -0.05) is 18.2 Å². The van der Waals surface area contributed by atoms with Crippen LogP contribution in [0.15, 0.2) is 36.4 Å². The molecule has 2 atom stereocenters. The summed E-state index contributed by atoms with van der Waals surface area (Å²) in [5, 5.41) is 15.1. The summed E-state index contributed by atoms with van der Waals surface area (Å²) in [6.07, 6.45) is 6.31. The van der Waals surface area contributed by atoms with Crippen LogP contribution in [0.2, 0.25) is 0 Å². The van der Waals surface area contributed by atoms with Crippen LogP contribution in [0.5, 0.6) is 0 Å². The van der Waals surface area contributed by atoms with Crippen molar-refractivity contribution < 1.29 is 14.3 Å². The number of halogens is 1. The van der Waals surface area contributed by atoms with Crippen molar-refractivity contribution in [1.29, 1.82) is 0 Å². The summed E-state index contributed by atoms with van der Waals surface area (Å²) in [6.45, 7) is 1.71. The van der Waals surface area contributed by atoms with Crippen LogP contribution >= 0.6 is 0 Å². The van der Waals surface area contributed by atoms with Crippen LogP contribution in [-0.4, -0.2) is 42.9 Å². The standard InChI is InChI=1S/C18H24FN3O2/c19-14-2-1-3-17(11-14)22-8-6-15(7-9-22)20-18(24)21-16-5-4-13(10-16)12-23/h1-5,11,13,15-16,23H,6-10,12H2,(H2,20,21,24)/t13-,16+/m0/s1. The number of amides is 2. The van der Waals surface area contributed by atoms with Crippen LogP contribution < -0.4 is 15.5 Å². The molecule has 24 heavy (non-hydrogen) atoms. The van der Waals surface area contributed by atoms with Crippen molar-refractivity contribution in [3.8, 4) is 0 Å². The first-order valence-electron chi connectivity index (χ1n) is 8.51. The number of nitrogens with zero attached hydrogens (tertiary/aromatic N) is 1. The summed E-state index contributed by atoms with van der Waals surface area (Å²) in [4.78, 5) is 14.2. The lowest BCUT2D eigenvalue weighted by Crippen LogP contribution is -2.49. The number of piperidine rings is 1. The summed E-state index contributed by atoms with van der Waals surface area (Å²) in [5.41, 5.74) is 0.893. The molecule has 130 valence electrons. The van der Waals surface area contributed by atoms with Crippen LogP contribution in [0.4, 0.5) is 14.9 Å². The van der Waals surface area contributed by atoms with Gasteiger partial charge in [0.05, 0.1) is 0 Å². The number of benzene rings is 1. The molecular weight excluding hydrogens is 309 g/mol. The third kappa shape index (κ3) is 4.26. The average molecular weight is 333 g/mol. The normalized spacial score (nSPS) is 24.2. The van der Waals surface area contributed by atoms with Gasteiger partial charge in [-0.05, 0) is 37.5 Å². The molecule has 1 aromatic carbocycles. The highest BCUT2D eigenvalue weighted by atomic mass is 19.1. The first-order chi connectivity index (χ1) is 11.6. The summed E-state index contributed by atoms with van der Waals surface area (Å²) >= 11 is 0. The van der Waals surface area contributed by atoms with Crippen molar-refractivity contribution in [2.75, 3.05) is 24.6 Å². The quantitative estimate of drug-likeness (QED) is 0.739. The largest absolute Gasteiger partial charge is 0.396 e. The van der Waals surface area contributed by atoms with E-state index in [1.807, 2.05) is 18.2 Å². The van der Waals surface area contributed by atoms with Crippen molar-refractivity contribution in [1.82, 2.24) is 10.6 Å². The molecule has 1 aliphatic carbocycles. The van der Waals surface area contributed by atoms with Crippen LogP contribution in [-0.2, 0) is 0 Å². The second kappa shape index (κ2) is 7.66. The molecule has 3 rings (SSSR count). The first-order valence-corrected chi connectivity index (χ1v) is 8.51. The van der Waals surface area contributed by atoms with Crippen LogP contribution in [0.25, 0.3) is 0 Å². The Morgan fingerprint density at radius 3 is 2.71 bits per heavy atom. The molecule has 1 aliphatic heterocycles. The van der Waals surface area contributed by atoms with E-state index in [4.69, 9.17) is 5.11 Å². The Kier molecular flexibility index (Phi) is 5.35. The second-order valence-electron chi connectivity index (χ2n) is 6.53. The maximum absolute atomic E-state index is 13.3. The molecule has 2 aliphatic rings. The Labute approximate surface area is 141 Å². The van der Waals surface area contributed by atoms with E-state index in [2.05, 4.69) is 15.5 Å². The van der Waals surface area contributed by atoms with Gasteiger partial charge in [0.15, 0.2) is 0 Å². The van der Waals surface area contributed by atoms with Gasteiger partial charge in [-0.25, -0.2) is 9.18 Å². The molecule has 5 nitrogen and oxygen atoms in total. The third-order valence-corrected chi connectivity index (χ3v) is 4.73. The Hall–Kier alpha value is -2.08. The Morgan fingerprint density at radius 2 is 2.04 bits per heavy atom. The monoisotopic (exact) mass is 333 g/mol. The van der Waals surface area contributed by atoms with Gasteiger partial charge in [-0.3, -0.25) is 0 Å². The molecule has 0 saturated carbocycles. The zero-order valence-electron chi connectivity index (χ0n) is 13.6. The van der Waals surface area contributed by atoms with Crippen molar-refractivity contribution in [2.24, 2.45) is 5.92 Å². The smallest absolute Gasteiger partial charge is 0.315 e. The third-order valence-electron chi connectivity index (χ3n) is 4.73. The van der Waals surface area contributed by atoms with E-state index < -0.39 is 0 Å². The molecule has 1 aromatic rings. The van der Waals surface area contributed by atoms with Crippen molar-refractivity contribution in [3.63, 3.8) is 0 Å². The van der Waals surface area contributed by atoms with Crippen molar-refractivity contribution >= 4 is 11.7 Å². The van der Waals surface area contributed by atoms with Crippen molar-refractivity contribution in [3.05, 3.63) is 42.2 Å². The lowest BCUT2D eigenvalue weighted by atomic mass is 10.0. The van der Waals surface area contributed by atoms with Crippen LogP contribution in [0.3, 0.4) is 0 Å². The number of aliphatic hydroxyl groups is 1. The van der Waals surface area contributed by atoms with Crippen LogP contribution in [0.1, 0.15) is 19.3 Å². The molecule has 1 saturated heterocycles. The summed E-state index contributed by atoms with van der Waals surface area (Å²) in [5.74, 6) is -0.0808. The zero-order valence-corrected chi connectivity index (χ0v) is 13.6. The molecule has 0 radical (unpaired) electrons. The first kappa shape index (κ1) is 16.8. The maximum Gasteiger partial charge on any atom is 0.315 e. The van der Waals surface area contributed by atoms with E-state index in [9.17, 15) is 9.18 Å². The van der Waals surface area contributed by atoms with Gasteiger partial charge in [0.25, 0.3) is 0 Å². The topological polar surface area (TPSA) is 64.6 Å². The highest BCUT2D eigenvalue weighted by molar-refractivity contribution is 5.75. The molecule has 0 aromatic heterocycles. The fourth-order valence-electron chi connectivity index (χ4n) is 3.37. The number of nitrogens with one attached hydrogen (secondary N) is 2. The SMILES string of the molecule is O=C(NC1CCN(c2cccc(F)c2)CC1)N[C@@H]1C=C[C@H](CO)C1. The minimum absolute atomic E-state index is 0.00506. The molecule has 0 spiro atoms. The number of hydrogen-bond donors (Lipinski definition) is 3. The van der Waals surface area contributed by atoms with Crippen LogP contribution in [0, 0.1) is 11.7 Å². The second-order valence-corrected chi connectivity index (χ2v) is 6.53.